The van der Waals surface area contributed by atoms with E-state index in [1.54, 1.807) is 12.1 Å². The van der Waals surface area contributed by atoms with Gasteiger partial charge in [-0.25, -0.2) is 4.98 Å². The molecular formula is C18H18N4O3S. The summed E-state index contributed by atoms with van der Waals surface area (Å²) in [6, 6.07) is 14.1. The first-order valence-electron chi connectivity index (χ1n) is 8.10. The molecule has 134 valence electrons. The highest BCUT2D eigenvalue weighted by molar-refractivity contribution is 8.00. The highest BCUT2D eigenvalue weighted by Crippen LogP contribution is 2.21. The van der Waals surface area contributed by atoms with Crippen LogP contribution in [0.15, 0.2) is 53.4 Å². The molecule has 1 aromatic heterocycles. The number of imidazole rings is 1. The molecule has 3 aromatic rings. The number of hydrogen-bond donors (Lipinski definition) is 1. The maximum atomic E-state index is 12.0. The Morgan fingerprint density at radius 2 is 1.96 bits per heavy atom. The first-order valence-corrected chi connectivity index (χ1v) is 9.09. The number of non-ortho nitro benzene ring substituents is 1. The van der Waals surface area contributed by atoms with Crippen molar-refractivity contribution < 1.29 is 9.72 Å². The highest BCUT2D eigenvalue weighted by atomic mass is 32.2. The Hall–Kier alpha value is -2.87. The SMILES string of the molecule is Cc1nc2ccccc2n1CCNC(=O)CSc1ccc([N+](=O)[O-])cc1. The first-order chi connectivity index (χ1) is 12.5. The van der Waals surface area contributed by atoms with E-state index in [1.807, 2.05) is 31.2 Å². The van der Waals surface area contributed by atoms with Crippen molar-refractivity contribution in [3.8, 4) is 0 Å². The summed E-state index contributed by atoms with van der Waals surface area (Å²) in [6.07, 6.45) is 0. The van der Waals surface area contributed by atoms with Crippen LogP contribution in [-0.2, 0) is 11.3 Å². The van der Waals surface area contributed by atoms with Crippen LogP contribution < -0.4 is 5.32 Å². The molecule has 1 heterocycles. The van der Waals surface area contributed by atoms with E-state index in [-0.39, 0.29) is 17.3 Å². The number of nitrogens with zero attached hydrogens (tertiary/aromatic N) is 3. The molecule has 1 N–H and O–H groups in total. The molecule has 2 aromatic carbocycles. The summed E-state index contributed by atoms with van der Waals surface area (Å²) >= 11 is 1.35. The third kappa shape index (κ3) is 4.20. The van der Waals surface area contributed by atoms with E-state index in [2.05, 4.69) is 14.9 Å². The summed E-state index contributed by atoms with van der Waals surface area (Å²) in [5, 5.41) is 13.5. The van der Waals surface area contributed by atoms with E-state index in [1.165, 1.54) is 23.9 Å². The number of hydrogen-bond acceptors (Lipinski definition) is 5. The first kappa shape index (κ1) is 17.9. The molecule has 0 aliphatic heterocycles. The number of nitro groups is 1. The zero-order chi connectivity index (χ0) is 18.5. The number of thioether (sulfide) groups is 1. The van der Waals surface area contributed by atoms with Gasteiger partial charge in [0.2, 0.25) is 5.91 Å². The summed E-state index contributed by atoms with van der Waals surface area (Å²) in [4.78, 5) is 27.5. The smallest absolute Gasteiger partial charge is 0.269 e. The standard InChI is InChI=1S/C18H18N4O3S/c1-13-20-16-4-2-3-5-17(16)21(13)11-10-19-18(23)12-26-15-8-6-14(7-9-15)22(24)25/h2-9H,10-12H2,1H3,(H,19,23). The molecule has 0 atom stereocenters. The zero-order valence-corrected chi connectivity index (χ0v) is 15.0. The molecule has 1 amide bonds. The van der Waals surface area contributed by atoms with Crippen LogP contribution in [0, 0.1) is 17.0 Å². The van der Waals surface area contributed by atoms with Gasteiger partial charge in [-0.2, -0.15) is 0 Å². The normalized spacial score (nSPS) is 10.8. The maximum absolute atomic E-state index is 12.0. The molecule has 0 bridgehead atoms. The van der Waals surface area contributed by atoms with Gasteiger partial charge in [0.15, 0.2) is 0 Å². The number of amides is 1. The lowest BCUT2D eigenvalue weighted by Gasteiger charge is -2.08. The average Bonchev–Trinajstić information content (AvgIpc) is 2.96. The van der Waals surface area contributed by atoms with Crippen LogP contribution >= 0.6 is 11.8 Å². The Balaban J connectivity index is 1.48. The summed E-state index contributed by atoms with van der Waals surface area (Å²) in [5.41, 5.74) is 2.05. The Labute approximate surface area is 154 Å². The summed E-state index contributed by atoms with van der Waals surface area (Å²) < 4.78 is 2.08. The van der Waals surface area contributed by atoms with Crippen molar-refractivity contribution in [3.05, 3.63) is 64.5 Å². The van der Waals surface area contributed by atoms with Gasteiger partial charge in [0.1, 0.15) is 5.82 Å². The Morgan fingerprint density at radius 3 is 2.69 bits per heavy atom. The molecule has 7 nitrogen and oxygen atoms in total. The molecule has 0 saturated carbocycles. The van der Waals surface area contributed by atoms with Gasteiger partial charge >= 0.3 is 0 Å². The van der Waals surface area contributed by atoms with Crippen LogP contribution in [0.3, 0.4) is 0 Å². The van der Waals surface area contributed by atoms with E-state index in [9.17, 15) is 14.9 Å². The van der Waals surface area contributed by atoms with Crippen molar-refractivity contribution >= 4 is 34.4 Å². The zero-order valence-electron chi connectivity index (χ0n) is 14.2. The van der Waals surface area contributed by atoms with Crippen LogP contribution in [0.4, 0.5) is 5.69 Å². The fourth-order valence-corrected chi connectivity index (χ4v) is 3.38. The van der Waals surface area contributed by atoms with Gasteiger partial charge in [0, 0.05) is 30.1 Å². The van der Waals surface area contributed by atoms with Crippen molar-refractivity contribution in [3.63, 3.8) is 0 Å². The van der Waals surface area contributed by atoms with E-state index in [0.717, 1.165) is 21.8 Å². The topological polar surface area (TPSA) is 90.1 Å². The third-order valence-electron chi connectivity index (χ3n) is 3.92. The molecule has 0 aliphatic carbocycles. The lowest BCUT2D eigenvalue weighted by Crippen LogP contribution is -2.28. The van der Waals surface area contributed by atoms with Crippen LogP contribution in [0.1, 0.15) is 5.82 Å². The molecule has 0 aliphatic rings. The monoisotopic (exact) mass is 370 g/mol. The third-order valence-corrected chi connectivity index (χ3v) is 4.93. The number of nitro benzene ring substituents is 1. The molecule has 0 unspecified atom stereocenters. The Bertz CT molecular complexity index is 937. The fraction of sp³-hybridized carbons (Fsp3) is 0.222. The number of rotatable bonds is 7. The van der Waals surface area contributed by atoms with Gasteiger partial charge in [-0.3, -0.25) is 14.9 Å². The van der Waals surface area contributed by atoms with Gasteiger partial charge in [-0.1, -0.05) is 12.1 Å². The van der Waals surface area contributed by atoms with E-state index < -0.39 is 4.92 Å². The minimum atomic E-state index is -0.442. The molecule has 0 spiro atoms. The van der Waals surface area contributed by atoms with Crippen molar-refractivity contribution in [2.75, 3.05) is 12.3 Å². The lowest BCUT2D eigenvalue weighted by atomic mass is 10.3. The number of para-hydroxylation sites is 2. The predicted octanol–water partition coefficient (Wildman–Crippen LogP) is 3.16. The molecule has 8 heteroatoms. The minimum absolute atomic E-state index is 0.0433. The van der Waals surface area contributed by atoms with E-state index in [4.69, 9.17) is 0 Å². The maximum Gasteiger partial charge on any atom is 0.269 e. The van der Waals surface area contributed by atoms with Crippen LogP contribution in [-0.4, -0.2) is 32.7 Å². The van der Waals surface area contributed by atoms with Crippen molar-refractivity contribution in [2.45, 2.75) is 18.4 Å². The second kappa shape index (κ2) is 8.01. The second-order valence-electron chi connectivity index (χ2n) is 5.69. The molecule has 0 radical (unpaired) electrons. The number of benzene rings is 2. The van der Waals surface area contributed by atoms with Gasteiger partial charge in [-0.15, -0.1) is 11.8 Å². The summed E-state index contributed by atoms with van der Waals surface area (Å²) in [6.45, 7) is 3.12. The molecule has 26 heavy (non-hydrogen) atoms. The van der Waals surface area contributed by atoms with Gasteiger partial charge in [0.25, 0.3) is 5.69 Å². The molecule has 3 rings (SSSR count). The highest BCUT2D eigenvalue weighted by Gasteiger charge is 2.08. The Morgan fingerprint density at radius 1 is 1.23 bits per heavy atom. The molecular weight excluding hydrogens is 352 g/mol. The second-order valence-corrected chi connectivity index (χ2v) is 6.74. The van der Waals surface area contributed by atoms with Gasteiger partial charge in [0.05, 0.1) is 21.7 Å². The van der Waals surface area contributed by atoms with Crippen molar-refractivity contribution in [1.82, 2.24) is 14.9 Å². The number of carbonyl (C=O) groups is 1. The molecule has 0 fully saturated rings. The van der Waals surface area contributed by atoms with Crippen LogP contribution in [0.5, 0.6) is 0 Å². The molecule has 0 saturated heterocycles. The van der Waals surface area contributed by atoms with Gasteiger partial charge in [-0.05, 0) is 31.2 Å². The predicted molar refractivity (Wildman–Crippen MR) is 101 cm³/mol. The van der Waals surface area contributed by atoms with Crippen molar-refractivity contribution in [2.24, 2.45) is 0 Å². The van der Waals surface area contributed by atoms with E-state index in [0.29, 0.717) is 13.1 Å². The lowest BCUT2D eigenvalue weighted by molar-refractivity contribution is -0.384. The average molecular weight is 370 g/mol. The summed E-state index contributed by atoms with van der Waals surface area (Å²) in [7, 11) is 0. The van der Waals surface area contributed by atoms with E-state index >= 15 is 0 Å². The quantitative estimate of drug-likeness (QED) is 0.392. The van der Waals surface area contributed by atoms with Crippen LogP contribution in [0.2, 0.25) is 0 Å². The fourth-order valence-electron chi connectivity index (χ4n) is 2.65. The number of fused-ring (bicyclic) bond motifs is 1. The Kier molecular flexibility index (Phi) is 5.52. The van der Waals surface area contributed by atoms with Crippen LogP contribution in [0.25, 0.3) is 11.0 Å². The van der Waals surface area contributed by atoms with Crippen molar-refractivity contribution in [1.29, 1.82) is 0 Å². The number of nitrogens with one attached hydrogen (secondary N) is 1. The minimum Gasteiger partial charge on any atom is -0.354 e. The number of carbonyl (C=O) groups excluding carboxylic acids is 1. The largest absolute Gasteiger partial charge is 0.354 e. The number of aromatic nitrogens is 2. The number of aryl methyl sites for hydroxylation is 1. The van der Waals surface area contributed by atoms with Gasteiger partial charge < -0.3 is 9.88 Å². The summed E-state index contributed by atoms with van der Waals surface area (Å²) in [5.74, 6) is 1.11.